The predicted molar refractivity (Wildman–Crippen MR) is 66.4 cm³/mol. The maximum absolute atomic E-state index is 12.7. The number of carbonyl (C=O) groups is 1. The molecule has 1 heterocycles. The van der Waals surface area contributed by atoms with Crippen LogP contribution in [0.5, 0.6) is 0 Å². The molecule has 5 heteroatoms. The molecule has 1 aromatic heterocycles. The lowest BCUT2D eigenvalue weighted by Gasteiger charge is -1.96. The number of halogens is 1. The molecule has 0 fully saturated rings. The van der Waals surface area contributed by atoms with Crippen molar-refractivity contribution in [1.82, 2.24) is 4.98 Å². The van der Waals surface area contributed by atoms with Gasteiger partial charge in [-0.2, -0.15) is 0 Å². The third-order valence-corrected chi connectivity index (χ3v) is 2.41. The standard InChI is InChI=1S/C14H12FNO3/c1-9(17)6-12(18)13-8-16-14(19-13)7-10-2-4-11(15)5-3-10/h2-6,8,17H,7H2,1H3. The van der Waals surface area contributed by atoms with Crippen LogP contribution in [0, 0.1) is 5.82 Å². The van der Waals surface area contributed by atoms with Crippen LogP contribution in [0.25, 0.3) is 0 Å². The van der Waals surface area contributed by atoms with Gasteiger partial charge in [-0.1, -0.05) is 12.1 Å². The molecule has 0 aliphatic heterocycles. The van der Waals surface area contributed by atoms with Crippen LogP contribution in [0.3, 0.4) is 0 Å². The highest BCUT2D eigenvalue weighted by Gasteiger charge is 2.11. The zero-order valence-corrected chi connectivity index (χ0v) is 10.3. The van der Waals surface area contributed by atoms with E-state index in [4.69, 9.17) is 9.52 Å². The number of hydrogen-bond donors (Lipinski definition) is 1. The van der Waals surface area contributed by atoms with E-state index in [1.54, 1.807) is 12.1 Å². The summed E-state index contributed by atoms with van der Waals surface area (Å²) < 4.78 is 18.0. The van der Waals surface area contributed by atoms with Crippen LogP contribution in [-0.2, 0) is 6.42 Å². The molecule has 0 amide bonds. The molecule has 0 aliphatic rings. The molecule has 0 unspecified atom stereocenters. The van der Waals surface area contributed by atoms with Gasteiger partial charge >= 0.3 is 0 Å². The average Bonchev–Trinajstić information content (AvgIpc) is 2.80. The first-order valence-corrected chi connectivity index (χ1v) is 5.65. The molecule has 0 spiro atoms. The highest BCUT2D eigenvalue weighted by Crippen LogP contribution is 2.12. The first kappa shape index (κ1) is 13.0. The smallest absolute Gasteiger partial charge is 0.226 e. The Labute approximate surface area is 109 Å². The number of nitrogens with zero attached hydrogens (tertiary/aromatic N) is 1. The van der Waals surface area contributed by atoms with E-state index in [1.165, 1.54) is 25.3 Å². The summed E-state index contributed by atoms with van der Waals surface area (Å²) in [5.74, 6) is -0.431. The van der Waals surface area contributed by atoms with Crippen molar-refractivity contribution in [3.63, 3.8) is 0 Å². The van der Waals surface area contributed by atoms with E-state index in [9.17, 15) is 9.18 Å². The van der Waals surface area contributed by atoms with Crippen molar-refractivity contribution in [3.8, 4) is 0 Å². The van der Waals surface area contributed by atoms with Crippen LogP contribution in [0.1, 0.15) is 28.9 Å². The number of carbonyl (C=O) groups excluding carboxylic acids is 1. The Kier molecular flexibility index (Phi) is 3.75. The number of rotatable bonds is 4. The van der Waals surface area contributed by atoms with Crippen molar-refractivity contribution < 1.29 is 18.7 Å². The van der Waals surface area contributed by atoms with Crippen molar-refractivity contribution in [1.29, 1.82) is 0 Å². The number of aliphatic hydroxyl groups is 1. The minimum Gasteiger partial charge on any atom is -0.512 e. The molecule has 0 aliphatic carbocycles. The van der Waals surface area contributed by atoms with Gasteiger partial charge in [0.2, 0.25) is 5.78 Å². The second-order valence-electron chi connectivity index (χ2n) is 4.07. The van der Waals surface area contributed by atoms with Crippen LogP contribution in [0.2, 0.25) is 0 Å². The highest BCUT2D eigenvalue weighted by molar-refractivity contribution is 6.02. The van der Waals surface area contributed by atoms with Gasteiger partial charge in [0.1, 0.15) is 5.82 Å². The molecule has 0 saturated heterocycles. The van der Waals surface area contributed by atoms with Gasteiger partial charge in [-0.05, 0) is 24.6 Å². The van der Waals surface area contributed by atoms with E-state index in [0.717, 1.165) is 11.6 Å². The lowest BCUT2D eigenvalue weighted by Crippen LogP contribution is -1.93. The van der Waals surface area contributed by atoms with E-state index < -0.39 is 5.78 Å². The van der Waals surface area contributed by atoms with E-state index in [-0.39, 0.29) is 17.3 Å². The number of hydrogen-bond acceptors (Lipinski definition) is 4. The van der Waals surface area contributed by atoms with Crippen LogP contribution >= 0.6 is 0 Å². The molecule has 0 radical (unpaired) electrons. The van der Waals surface area contributed by atoms with Gasteiger partial charge in [0.05, 0.1) is 12.0 Å². The van der Waals surface area contributed by atoms with Crippen LogP contribution in [0.4, 0.5) is 4.39 Å². The zero-order chi connectivity index (χ0) is 13.8. The van der Waals surface area contributed by atoms with E-state index in [1.807, 2.05) is 0 Å². The number of aromatic nitrogens is 1. The van der Waals surface area contributed by atoms with Crippen molar-refractivity contribution >= 4 is 5.78 Å². The van der Waals surface area contributed by atoms with E-state index in [0.29, 0.717) is 12.3 Å². The van der Waals surface area contributed by atoms with Gasteiger partial charge in [-0.25, -0.2) is 9.37 Å². The summed E-state index contributed by atoms with van der Waals surface area (Å²) in [6.45, 7) is 1.40. The average molecular weight is 261 g/mol. The van der Waals surface area contributed by atoms with Gasteiger partial charge in [0.15, 0.2) is 11.7 Å². The van der Waals surface area contributed by atoms with Crippen molar-refractivity contribution in [2.24, 2.45) is 0 Å². The normalized spacial score (nSPS) is 11.6. The summed E-state index contributed by atoms with van der Waals surface area (Å²) in [5.41, 5.74) is 0.830. The zero-order valence-electron chi connectivity index (χ0n) is 10.3. The molecule has 2 aromatic rings. The Hall–Kier alpha value is -2.43. The maximum Gasteiger partial charge on any atom is 0.226 e. The fourth-order valence-electron chi connectivity index (χ4n) is 1.54. The summed E-state index contributed by atoms with van der Waals surface area (Å²) in [6, 6.07) is 5.95. The Morgan fingerprint density at radius 3 is 2.74 bits per heavy atom. The second kappa shape index (κ2) is 5.48. The van der Waals surface area contributed by atoms with Crippen LogP contribution in [0.15, 0.2) is 46.7 Å². The maximum atomic E-state index is 12.7. The predicted octanol–water partition coefficient (Wildman–Crippen LogP) is 3.05. The van der Waals surface area contributed by atoms with Gasteiger partial charge < -0.3 is 9.52 Å². The first-order valence-electron chi connectivity index (χ1n) is 5.65. The van der Waals surface area contributed by atoms with Crippen LogP contribution in [-0.4, -0.2) is 15.9 Å². The fraction of sp³-hybridized carbons (Fsp3) is 0.143. The molecule has 0 saturated carbocycles. The van der Waals surface area contributed by atoms with Crippen molar-refractivity contribution in [2.45, 2.75) is 13.3 Å². The lowest BCUT2D eigenvalue weighted by atomic mass is 10.1. The van der Waals surface area contributed by atoms with E-state index in [2.05, 4.69) is 4.98 Å². The summed E-state index contributed by atoms with van der Waals surface area (Å²) in [5, 5.41) is 8.99. The Morgan fingerprint density at radius 2 is 2.11 bits per heavy atom. The largest absolute Gasteiger partial charge is 0.512 e. The molecule has 0 bridgehead atoms. The van der Waals surface area contributed by atoms with Crippen LogP contribution < -0.4 is 0 Å². The molecular formula is C14H12FNO3. The second-order valence-corrected chi connectivity index (χ2v) is 4.07. The number of oxazole rings is 1. The minimum absolute atomic E-state index is 0.0607. The van der Waals surface area contributed by atoms with Gasteiger partial charge in [0.25, 0.3) is 0 Å². The quantitative estimate of drug-likeness (QED) is 0.522. The molecule has 2 rings (SSSR count). The molecule has 1 N–H and O–H groups in total. The Balaban J connectivity index is 2.11. The summed E-state index contributed by atoms with van der Waals surface area (Å²) in [4.78, 5) is 15.5. The van der Waals surface area contributed by atoms with Gasteiger partial charge in [0, 0.05) is 12.5 Å². The molecule has 4 nitrogen and oxygen atoms in total. The molecule has 19 heavy (non-hydrogen) atoms. The SMILES string of the molecule is CC(O)=CC(=O)c1cnc(Cc2ccc(F)cc2)o1. The summed E-state index contributed by atoms with van der Waals surface area (Å²) in [6.07, 6.45) is 2.73. The van der Waals surface area contributed by atoms with E-state index >= 15 is 0 Å². The third kappa shape index (κ3) is 3.51. The fourth-order valence-corrected chi connectivity index (χ4v) is 1.54. The summed E-state index contributed by atoms with van der Waals surface area (Å²) in [7, 11) is 0. The highest BCUT2D eigenvalue weighted by atomic mass is 19.1. The number of allylic oxidation sites excluding steroid dienone is 2. The Bertz CT molecular complexity index is 610. The molecular weight excluding hydrogens is 249 g/mol. The Morgan fingerprint density at radius 1 is 1.42 bits per heavy atom. The minimum atomic E-state index is -0.446. The number of ketones is 1. The first-order chi connectivity index (χ1) is 9.04. The summed E-state index contributed by atoms with van der Waals surface area (Å²) >= 11 is 0. The number of aliphatic hydroxyl groups excluding tert-OH is 1. The third-order valence-electron chi connectivity index (χ3n) is 2.41. The number of benzene rings is 1. The topological polar surface area (TPSA) is 63.3 Å². The van der Waals surface area contributed by atoms with Crippen molar-refractivity contribution in [2.75, 3.05) is 0 Å². The molecule has 98 valence electrons. The lowest BCUT2D eigenvalue weighted by molar-refractivity contribution is 0.101. The van der Waals surface area contributed by atoms with Gasteiger partial charge in [-0.3, -0.25) is 4.79 Å². The van der Waals surface area contributed by atoms with Gasteiger partial charge in [-0.15, -0.1) is 0 Å². The molecule has 1 aromatic carbocycles. The van der Waals surface area contributed by atoms with Crippen molar-refractivity contribution in [3.05, 3.63) is 65.3 Å². The monoisotopic (exact) mass is 261 g/mol. The molecule has 0 atom stereocenters.